The third-order valence-electron chi connectivity index (χ3n) is 3.23. The van der Waals surface area contributed by atoms with Gasteiger partial charge in [-0.15, -0.1) is 0 Å². The molecule has 0 aromatic carbocycles. The molecular formula is C16H20N2O4. The van der Waals surface area contributed by atoms with E-state index in [1.807, 2.05) is 6.92 Å². The zero-order valence-corrected chi connectivity index (χ0v) is 12.5. The van der Waals surface area contributed by atoms with Crippen LogP contribution in [0.25, 0.3) is 0 Å². The number of hydrogen-bond donors (Lipinski definition) is 2. The normalized spacial score (nSPS) is 12.1. The van der Waals surface area contributed by atoms with Crippen LogP contribution in [0.2, 0.25) is 0 Å². The monoisotopic (exact) mass is 304 g/mol. The van der Waals surface area contributed by atoms with Gasteiger partial charge in [-0.3, -0.25) is 9.59 Å². The summed E-state index contributed by atoms with van der Waals surface area (Å²) in [5, 5.41) is 12.2. The van der Waals surface area contributed by atoms with Crippen LogP contribution in [0.1, 0.15) is 36.1 Å². The predicted molar refractivity (Wildman–Crippen MR) is 81.8 cm³/mol. The fraction of sp³-hybridized carbons (Fsp3) is 0.375. The molecule has 2 aromatic heterocycles. The van der Waals surface area contributed by atoms with Gasteiger partial charge in [-0.2, -0.15) is 0 Å². The van der Waals surface area contributed by atoms with Gasteiger partial charge in [0, 0.05) is 18.8 Å². The third-order valence-corrected chi connectivity index (χ3v) is 3.23. The molecule has 6 nitrogen and oxygen atoms in total. The molecule has 6 heteroatoms. The summed E-state index contributed by atoms with van der Waals surface area (Å²) in [5.41, 5.74) is -0.132. The molecule has 1 unspecified atom stereocenters. The van der Waals surface area contributed by atoms with Gasteiger partial charge in [0.05, 0.1) is 12.6 Å². The van der Waals surface area contributed by atoms with Crippen molar-refractivity contribution in [1.29, 1.82) is 0 Å². The van der Waals surface area contributed by atoms with Crippen LogP contribution in [0.15, 0.2) is 45.7 Å². The number of rotatable bonds is 7. The second-order valence-corrected chi connectivity index (χ2v) is 5.09. The average Bonchev–Trinajstić information content (AvgIpc) is 2.96. The Bertz CT molecular complexity index is 675. The molecule has 0 aliphatic heterocycles. The van der Waals surface area contributed by atoms with Crippen LogP contribution >= 0.6 is 0 Å². The Hall–Kier alpha value is -2.34. The molecule has 0 saturated carbocycles. The van der Waals surface area contributed by atoms with Crippen LogP contribution in [0, 0.1) is 0 Å². The summed E-state index contributed by atoms with van der Waals surface area (Å²) in [6.45, 7) is 2.43. The molecule has 0 bridgehead atoms. The number of pyridine rings is 1. The number of aliphatic hydroxyl groups is 1. The largest absolute Gasteiger partial charge is 0.454 e. The van der Waals surface area contributed by atoms with Crippen molar-refractivity contribution in [2.45, 2.75) is 32.4 Å². The van der Waals surface area contributed by atoms with Gasteiger partial charge in [0.1, 0.15) is 5.76 Å². The van der Waals surface area contributed by atoms with Crippen LogP contribution in [-0.4, -0.2) is 28.2 Å². The molecule has 22 heavy (non-hydrogen) atoms. The second-order valence-electron chi connectivity index (χ2n) is 5.09. The molecule has 1 amide bonds. The summed E-state index contributed by atoms with van der Waals surface area (Å²) in [6, 6.07) is 8.11. The van der Waals surface area contributed by atoms with Gasteiger partial charge in [0.15, 0.2) is 5.76 Å². The maximum absolute atomic E-state index is 11.9. The summed E-state index contributed by atoms with van der Waals surface area (Å²) in [4.78, 5) is 23.5. The fourth-order valence-electron chi connectivity index (χ4n) is 2.08. The minimum Gasteiger partial charge on any atom is -0.454 e. The Morgan fingerprint density at radius 2 is 2.18 bits per heavy atom. The van der Waals surface area contributed by atoms with Crippen LogP contribution in [0.3, 0.4) is 0 Å². The Morgan fingerprint density at radius 1 is 1.36 bits per heavy atom. The quantitative estimate of drug-likeness (QED) is 0.809. The van der Waals surface area contributed by atoms with E-state index in [0.717, 1.165) is 6.42 Å². The maximum Gasteiger partial charge on any atom is 0.287 e. The predicted octanol–water partition coefficient (Wildman–Crippen LogP) is 1.38. The van der Waals surface area contributed by atoms with Gasteiger partial charge >= 0.3 is 0 Å². The van der Waals surface area contributed by atoms with E-state index < -0.39 is 6.10 Å². The number of carbonyl (C=O) groups is 1. The molecule has 0 radical (unpaired) electrons. The first kappa shape index (κ1) is 16.0. The Kier molecular flexibility index (Phi) is 5.55. The number of aliphatic hydroxyl groups excluding tert-OH is 1. The van der Waals surface area contributed by atoms with Crippen LogP contribution in [0.5, 0.6) is 0 Å². The summed E-state index contributed by atoms with van der Waals surface area (Å²) in [6.07, 6.45) is 2.60. The lowest BCUT2D eigenvalue weighted by molar-refractivity contribution is 0.0881. The molecule has 0 fully saturated rings. The highest BCUT2D eigenvalue weighted by Gasteiger charge is 2.13. The van der Waals surface area contributed by atoms with E-state index in [-0.39, 0.29) is 30.3 Å². The summed E-state index contributed by atoms with van der Waals surface area (Å²) < 4.78 is 6.93. The van der Waals surface area contributed by atoms with E-state index >= 15 is 0 Å². The van der Waals surface area contributed by atoms with E-state index in [1.165, 1.54) is 10.6 Å². The molecule has 0 aliphatic carbocycles. The average molecular weight is 304 g/mol. The number of nitrogens with one attached hydrogen (secondary N) is 1. The van der Waals surface area contributed by atoms with Gasteiger partial charge in [-0.05, 0) is 24.6 Å². The van der Waals surface area contributed by atoms with Crippen LogP contribution in [0.4, 0.5) is 0 Å². The first-order chi connectivity index (χ1) is 10.6. The zero-order chi connectivity index (χ0) is 15.9. The number of carbonyl (C=O) groups excluding carboxylic acids is 1. The van der Waals surface area contributed by atoms with E-state index in [0.29, 0.717) is 12.2 Å². The van der Waals surface area contributed by atoms with Gasteiger partial charge in [-0.25, -0.2) is 0 Å². The van der Waals surface area contributed by atoms with Crippen molar-refractivity contribution in [3.63, 3.8) is 0 Å². The summed E-state index contributed by atoms with van der Waals surface area (Å²) in [7, 11) is 0. The van der Waals surface area contributed by atoms with Crippen molar-refractivity contribution >= 4 is 5.91 Å². The van der Waals surface area contributed by atoms with Crippen LogP contribution < -0.4 is 10.9 Å². The van der Waals surface area contributed by atoms with E-state index in [4.69, 9.17) is 4.42 Å². The molecule has 2 aromatic rings. The summed E-state index contributed by atoms with van der Waals surface area (Å²) >= 11 is 0. The summed E-state index contributed by atoms with van der Waals surface area (Å²) in [5.74, 6) is 0.317. The molecule has 0 saturated heterocycles. The number of hydrogen-bond acceptors (Lipinski definition) is 4. The Morgan fingerprint density at radius 3 is 2.91 bits per heavy atom. The lowest BCUT2D eigenvalue weighted by Crippen LogP contribution is -2.31. The van der Waals surface area contributed by atoms with E-state index in [1.54, 1.807) is 30.5 Å². The number of amides is 1. The van der Waals surface area contributed by atoms with Gasteiger partial charge in [0.25, 0.3) is 11.5 Å². The maximum atomic E-state index is 11.9. The Labute approximate surface area is 128 Å². The molecule has 0 spiro atoms. The highest BCUT2D eigenvalue weighted by Crippen LogP contribution is 2.09. The Balaban J connectivity index is 1.95. The molecule has 2 N–H and O–H groups in total. The molecule has 118 valence electrons. The van der Waals surface area contributed by atoms with Crippen molar-refractivity contribution in [2.75, 3.05) is 6.54 Å². The highest BCUT2D eigenvalue weighted by molar-refractivity contribution is 5.91. The van der Waals surface area contributed by atoms with Crippen molar-refractivity contribution in [1.82, 2.24) is 9.88 Å². The molecule has 2 heterocycles. The SMILES string of the molecule is CCCC(O)CNC(=O)c1ccc(Cn2ccccc2=O)o1. The highest BCUT2D eigenvalue weighted by atomic mass is 16.4. The molecular weight excluding hydrogens is 284 g/mol. The van der Waals surface area contributed by atoms with E-state index in [2.05, 4.69) is 5.32 Å². The molecule has 0 aliphatic rings. The topological polar surface area (TPSA) is 84.5 Å². The standard InChI is InChI=1S/C16H20N2O4/c1-2-5-12(19)10-17-16(21)14-8-7-13(22-14)11-18-9-4-3-6-15(18)20/h3-4,6-9,12,19H,2,5,10-11H2,1H3,(H,17,21). The first-order valence-electron chi connectivity index (χ1n) is 7.30. The van der Waals surface area contributed by atoms with Crippen molar-refractivity contribution in [3.05, 3.63) is 58.4 Å². The van der Waals surface area contributed by atoms with Crippen LogP contribution in [-0.2, 0) is 6.54 Å². The third kappa shape index (κ3) is 4.33. The number of nitrogens with zero attached hydrogens (tertiary/aromatic N) is 1. The molecule has 1 atom stereocenters. The minimum atomic E-state index is -0.550. The number of furan rings is 1. The smallest absolute Gasteiger partial charge is 0.287 e. The van der Waals surface area contributed by atoms with Crippen molar-refractivity contribution in [3.8, 4) is 0 Å². The fourth-order valence-corrected chi connectivity index (χ4v) is 2.08. The lowest BCUT2D eigenvalue weighted by atomic mass is 10.2. The number of aromatic nitrogens is 1. The van der Waals surface area contributed by atoms with Gasteiger partial charge < -0.3 is 19.4 Å². The lowest BCUT2D eigenvalue weighted by Gasteiger charge is -2.09. The molecule has 2 rings (SSSR count). The van der Waals surface area contributed by atoms with Crippen molar-refractivity contribution < 1.29 is 14.3 Å². The van der Waals surface area contributed by atoms with Gasteiger partial charge in [-0.1, -0.05) is 19.4 Å². The zero-order valence-electron chi connectivity index (χ0n) is 12.5. The van der Waals surface area contributed by atoms with Gasteiger partial charge in [0.2, 0.25) is 0 Å². The van der Waals surface area contributed by atoms with Crippen molar-refractivity contribution in [2.24, 2.45) is 0 Å². The minimum absolute atomic E-state index is 0.132. The second kappa shape index (κ2) is 7.61. The van der Waals surface area contributed by atoms with E-state index in [9.17, 15) is 14.7 Å². The first-order valence-corrected chi connectivity index (χ1v) is 7.30.